The van der Waals surface area contributed by atoms with Crippen molar-refractivity contribution in [2.45, 2.75) is 18.9 Å². The molecule has 1 atom stereocenters. The predicted molar refractivity (Wildman–Crippen MR) is 189 cm³/mol. The fourth-order valence-corrected chi connectivity index (χ4v) is 5.48. The zero-order chi connectivity index (χ0) is 34.8. The van der Waals surface area contributed by atoms with Crippen LogP contribution in [0.25, 0.3) is 22.3 Å². The van der Waals surface area contributed by atoms with E-state index in [0.29, 0.717) is 114 Å². The average molecular weight is 690 g/mol. The third kappa shape index (κ3) is 11.0. The number of anilines is 1. The number of nitrogens with zero attached hydrogens (tertiary/aromatic N) is 5. The van der Waals surface area contributed by atoms with Crippen molar-refractivity contribution in [1.82, 2.24) is 24.6 Å². The summed E-state index contributed by atoms with van der Waals surface area (Å²) in [5.41, 5.74) is 13.9. The van der Waals surface area contributed by atoms with E-state index in [9.17, 15) is 4.79 Å². The first-order chi connectivity index (χ1) is 24.6. The van der Waals surface area contributed by atoms with Crippen molar-refractivity contribution in [2.75, 3.05) is 91.4 Å². The highest BCUT2D eigenvalue weighted by atomic mass is 16.6. The molecule has 1 saturated heterocycles. The number of aromatic nitrogens is 4. The van der Waals surface area contributed by atoms with Crippen LogP contribution in [-0.2, 0) is 28.5 Å². The second-order valence-corrected chi connectivity index (χ2v) is 11.5. The minimum Gasteiger partial charge on any atom is -0.457 e. The van der Waals surface area contributed by atoms with E-state index in [0.717, 1.165) is 24.2 Å². The molecule has 2 aromatic carbocycles. The lowest BCUT2D eigenvalue weighted by molar-refractivity contribution is -0.127. The van der Waals surface area contributed by atoms with Gasteiger partial charge in [-0.05, 0) is 49.2 Å². The Labute approximate surface area is 292 Å². The van der Waals surface area contributed by atoms with Crippen molar-refractivity contribution in [3.8, 4) is 22.8 Å². The number of ether oxygens (including phenoxy) is 6. The fraction of sp³-hybridized carbons (Fsp3) is 0.444. The largest absolute Gasteiger partial charge is 0.457 e. The predicted octanol–water partition coefficient (Wildman–Crippen LogP) is 3.63. The molecule has 4 N–H and O–H groups in total. The highest BCUT2D eigenvalue weighted by Gasteiger charge is 2.28. The van der Waals surface area contributed by atoms with Gasteiger partial charge in [-0.1, -0.05) is 24.3 Å². The lowest BCUT2D eigenvalue weighted by atomic mass is 10.1. The van der Waals surface area contributed by atoms with Gasteiger partial charge >= 0.3 is 0 Å². The van der Waals surface area contributed by atoms with Gasteiger partial charge in [0.2, 0.25) is 5.91 Å². The highest BCUT2D eigenvalue weighted by molar-refractivity contribution is 5.98. The van der Waals surface area contributed by atoms with E-state index in [2.05, 4.69) is 9.97 Å². The van der Waals surface area contributed by atoms with Gasteiger partial charge in [0.15, 0.2) is 5.65 Å². The van der Waals surface area contributed by atoms with Gasteiger partial charge in [-0.25, -0.2) is 14.6 Å². The fourth-order valence-electron chi connectivity index (χ4n) is 5.48. The topological polar surface area (TPSA) is 171 Å². The molecule has 50 heavy (non-hydrogen) atoms. The molecule has 1 fully saturated rings. The Hall–Kier alpha value is -4.44. The van der Waals surface area contributed by atoms with E-state index < -0.39 is 0 Å². The minimum absolute atomic E-state index is 0.0707. The number of rotatable bonds is 21. The van der Waals surface area contributed by atoms with Gasteiger partial charge < -0.3 is 44.8 Å². The van der Waals surface area contributed by atoms with Crippen LogP contribution in [0.1, 0.15) is 18.9 Å². The number of hydrogen-bond donors (Lipinski definition) is 2. The Morgan fingerprint density at radius 1 is 0.820 bits per heavy atom. The number of likely N-dealkylation sites (tertiary alicyclic amines) is 1. The summed E-state index contributed by atoms with van der Waals surface area (Å²) in [7, 11) is 0. The number of nitrogen functional groups attached to an aromatic ring is 1. The van der Waals surface area contributed by atoms with E-state index in [-0.39, 0.29) is 11.9 Å². The van der Waals surface area contributed by atoms with Gasteiger partial charge in [-0.15, -0.1) is 0 Å². The molecule has 1 aliphatic heterocycles. The summed E-state index contributed by atoms with van der Waals surface area (Å²) in [4.78, 5) is 23.7. The molecule has 268 valence electrons. The number of para-hydroxylation sites is 1. The van der Waals surface area contributed by atoms with Crippen LogP contribution < -0.4 is 16.2 Å². The van der Waals surface area contributed by atoms with Crippen LogP contribution in [0.5, 0.6) is 11.5 Å². The first-order valence-electron chi connectivity index (χ1n) is 17.0. The van der Waals surface area contributed by atoms with Crippen molar-refractivity contribution in [1.29, 1.82) is 0 Å². The quantitative estimate of drug-likeness (QED) is 0.0963. The number of benzene rings is 2. The highest BCUT2D eigenvalue weighted by Crippen LogP contribution is 2.35. The standard InChI is InChI=1S/C36H47N7O7/c37-14-17-46-19-21-48-23-25-49-24-22-47-20-18-45-16-5-9-32(44)42-15-4-6-29(26-42)43-36-33(35(38)39-27-40-36)34(41-43)28-10-12-31(13-11-28)50-30-7-2-1-3-8-30/h1-3,5,7-13,27,29H,4,6,14-26,37H2,(H2,38,39,40)/b9-5+/t29-/m1/s1. The molecule has 0 unspecified atom stereocenters. The van der Waals surface area contributed by atoms with Crippen molar-refractivity contribution < 1.29 is 33.2 Å². The summed E-state index contributed by atoms with van der Waals surface area (Å²) in [6, 6.07) is 17.2. The van der Waals surface area contributed by atoms with E-state index in [4.69, 9.17) is 45.0 Å². The lowest BCUT2D eigenvalue weighted by Crippen LogP contribution is -2.40. The summed E-state index contributed by atoms with van der Waals surface area (Å²) in [5.74, 6) is 1.75. The Bertz CT molecular complexity index is 1620. The van der Waals surface area contributed by atoms with Crippen molar-refractivity contribution in [2.24, 2.45) is 5.73 Å². The van der Waals surface area contributed by atoms with E-state index in [1.54, 1.807) is 12.2 Å². The van der Waals surface area contributed by atoms with Gasteiger partial charge in [0.05, 0.1) is 77.5 Å². The molecule has 0 bridgehead atoms. The van der Waals surface area contributed by atoms with Crippen molar-refractivity contribution in [3.63, 3.8) is 0 Å². The van der Waals surface area contributed by atoms with Crippen LogP contribution in [0.15, 0.2) is 73.1 Å². The molecule has 1 amide bonds. The van der Waals surface area contributed by atoms with Gasteiger partial charge in [0, 0.05) is 31.3 Å². The van der Waals surface area contributed by atoms with Gasteiger partial charge in [-0.2, -0.15) is 5.10 Å². The van der Waals surface area contributed by atoms with Gasteiger partial charge in [0.25, 0.3) is 0 Å². The molecule has 2 aromatic heterocycles. The molecule has 3 heterocycles. The monoisotopic (exact) mass is 689 g/mol. The van der Waals surface area contributed by atoms with Gasteiger partial charge in [0.1, 0.15) is 29.3 Å². The maximum Gasteiger partial charge on any atom is 0.246 e. The Morgan fingerprint density at radius 3 is 2.14 bits per heavy atom. The average Bonchev–Trinajstić information content (AvgIpc) is 3.55. The SMILES string of the molecule is NCCOCCOCCOCCOCCOC/C=C/C(=O)N1CCC[C@@H](n2nc(-c3ccc(Oc4ccccc4)cc3)c3c(N)ncnc32)C1. The van der Waals surface area contributed by atoms with Crippen molar-refractivity contribution in [3.05, 3.63) is 73.1 Å². The normalized spacial score (nSPS) is 14.9. The number of amides is 1. The molecule has 0 spiro atoms. The number of carbonyl (C=O) groups excluding carboxylic acids is 1. The zero-order valence-electron chi connectivity index (χ0n) is 28.4. The summed E-state index contributed by atoms with van der Waals surface area (Å²) in [6.07, 6.45) is 6.43. The molecule has 0 aliphatic carbocycles. The van der Waals surface area contributed by atoms with Crippen molar-refractivity contribution >= 4 is 22.8 Å². The molecular weight excluding hydrogens is 642 g/mol. The summed E-state index contributed by atoms with van der Waals surface area (Å²) < 4.78 is 35.1. The van der Waals surface area contributed by atoms with E-state index in [1.165, 1.54) is 6.33 Å². The van der Waals surface area contributed by atoms with Gasteiger partial charge in [-0.3, -0.25) is 4.79 Å². The van der Waals surface area contributed by atoms with E-state index >= 15 is 0 Å². The van der Waals surface area contributed by atoms with Crippen LogP contribution in [0.3, 0.4) is 0 Å². The number of nitrogens with two attached hydrogens (primary N) is 2. The molecule has 14 nitrogen and oxygen atoms in total. The molecule has 4 aromatic rings. The molecule has 5 rings (SSSR count). The van der Waals surface area contributed by atoms with Crippen LogP contribution in [0.2, 0.25) is 0 Å². The van der Waals surface area contributed by atoms with E-state index in [1.807, 2.05) is 64.2 Å². The van der Waals surface area contributed by atoms with Crippen LogP contribution in [0, 0.1) is 0 Å². The molecule has 0 radical (unpaired) electrons. The Morgan fingerprint density at radius 2 is 1.46 bits per heavy atom. The number of carbonyl (C=O) groups is 1. The molecule has 0 saturated carbocycles. The zero-order valence-corrected chi connectivity index (χ0v) is 28.4. The maximum atomic E-state index is 13.1. The Balaban J connectivity index is 1.05. The summed E-state index contributed by atoms with van der Waals surface area (Å²) in [6.45, 7) is 6.38. The molecule has 14 heteroatoms. The first kappa shape index (κ1) is 36.8. The second kappa shape index (κ2) is 20.3. The molecular formula is C36H47N7O7. The maximum absolute atomic E-state index is 13.1. The third-order valence-corrected chi connectivity index (χ3v) is 7.90. The third-order valence-electron chi connectivity index (χ3n) is 7.90. The number of hydrogen-bond acceptors (Lipinski definition) is 12. The van der Waals surface area contributed by atoms with Crippen LogP contribution in [-0.4, -0.2) is 116 Å². The Kier molecular flexibility index (Phi) is 14.9. The first-order valence-corrected chi connectivity index (χ1v) is 17.0. The number of piperidine rings is 1. The smallest absolute Gasteiger partial charge is 0.246 e. The minimum atomic E-state index is -0.0710. The summed E-state index contributed by atoms with van der Waals surface area (Å²) in [5, 5.41) is 5.67. The number of fused-ring (bicyclic) bond motifs is 1. The molecule has 1 aliphatic rings. The second-order valence-electron chi connectivity index (χ2n) is 11.5. The van der Waals surface area contributed by atoms with Crippen LogP contribution >= 0.6 is 0 Å². The van der Waals surface area contributed by atoms with Crippen LogP contribution in [0.4, 0.5) is 5.82 Å². The summed E-state index contributed by atoms with van der Waals surface area (Å²) >= 11 is 0. The lowest BCUT2D eigenvalue weighted by Gasteiger charge is -2.32.